The molecule has 2 aromatic carbocycles. The molecule has 0 saturated carbocycles. The van der Waals surface area contributed by atoms with Crippen LogP contribution in [0, 0.1) is 5.82 Å². The Hall–Kier alpha value is -2.47. The average Bonchev–Trinajstić information content (AvgIpc) is 2.38. The monoisotopic (exact) mass is 289 g/mol. The summed E-state index contributed by atoms with van der Waals surface area (Å²) in [7, 11) is 0. The molecule has 0 fully saturated rings. The molecule has 1 amide bonds. The minimum atomic E-state index is -0.539. The molecule has 0 radical (unpaired) electrons. The standard InChI is InChI=1S/C14H12FN3OS/c15-10-5-2-6-11(12(10)14(17)20)18-9-4-1-3-8(7-9)13(16)19/h1-7,18H,(H2,16,19)(H2,17,20). The Balaban J connectivity index is 2.40. The van der Waals surface area contributed by atoms with E-state index in [0.717, 1.165) is 0 Å². The Morgan fingerprint density at radius 3 is 2.50 bits per heavy atom. The molecule has 0 heterocycles. The highest BCUT2D eigenvalue weighted by molar-refractivity contribution is 7.80. The second kappa shape index (κ2) is 5.66. The number of primary amides is 1. The first-order valence-electron chi connectivity index (χ1n) is 5.74. The fourth-order valence-electron chi connectivity index (χ4n) is 1.78. The maximum absolute atomic E-state index is 13.7. The minimum Gasteiger partial charge on any atom is -0.389 e. The number of halogens is 1. The molecule has 0 bridgehead atoms. The summed E-state index contributed by atoms with van der Waals surface area (Å²) in [6.07, 6.45) is 0. The van der Waals surface area contributed by atoms with E-state index in [2.05, 4.69) is 5.32 Å². The number of rotatable bonds is 4. The third-order valence-electron chi connectivity index (χ3n) is 2.69. The van der Waals surface area contributed by atoms with Gasteiger partial charge in [-0.2, -0.15) is 0 Å². The minimum absolute atomic E-state index is 0.0448. The summed E-state index contributed by atoms with van der Waals surface area (Å²) in [6, 6.07) is 11.0. The summed E-state index contributed by atoms with van der Waals surface area (Å²) in [6.45, 7) is 0. The van der Waals surface area contributed by atoms with Crippen LogP contribution in [0.1, 0.15) is 15.9 Å². The van der Waals surface area contributed by atoms with Crippen LogP contribution >= 0.6 is 12.2 Å². The highest BCUT2D eigenvalue weighted by Crippen LogP contribution is 2.23. The van der Waals surface area contributed by atoms with Crippen LogP contribution in [0.4, 0.5) is 15.8 Å². The lowest BCUT2D eigenvalue weighted by Gasteiger charge is -2.12. The molecule has 0 aliphatic heterocycles. The van der Waals surface area contributed by atoms with Crippen LogP contribution in [0.5, 0.6) is 0 Å². The fraction of sp³-hybridized carbons (Fsp3) is 0. The van der Waals surface area contributed by atoms with Gasteiger partial charge in [-0.15, -0.1) is 0 Å². The topological polar surface area (TPSA) is 81.1 Å². The Labute approximate surface area is 120 Å². The number of nitrogens with two attached hydrogens (primary N) is 2. The molecule has 6 heteroatoms. The van der Waals surface area contributed by atoms with E-state index in [1.165, 1.54) is 12.1 Å². The van der Waals surface area contributed by atoms with Crippen molar-refractivity contribution in [2.45, 2.75) is 0 Å². The van der Waals surface area contributed by atoms with Crippen LogP contribution in [0.15, 0.2) is 42.5 Å². The number of thiocarbonyl (C=S) groups is 1. The van der Waals surface area contributed by atoms with E-state index in [9.17, 15) is 9.18 Å². The van der Waals surface area contributed by atoms with E-state index in [1.54, 1.807) is 30.3 Å². The Bertz CT molecular complexity index is 688. The summed E-state index contributed by atoms with van der Waals surface area (Å²) in [5, 5.41) is 2.97. The molecule has 0 aliphatic rings. The van der Waals surface area contributed by atoms with Gasteiger partial charge in [0.25, 0.3) is 0 Å². The molecular formula is C14H12FN3OS. The molecule has 0 saturated heterocycles. The van der Waals surface area contributed by atoms with Gasteiger partial charge < -0.3 is 16.8 Å². The molecular weight excluding hydrogens is 277 g/mol. The van der Waals surface area contributed by atoms with Crippen molar-refractivity contribution in [3.05, 3.63) is 59.4 Å². The molecule has 0 unspecified atom stereocenters. The molecule has 2 rings (SSSR count). The highest BCUT2D eigenvalue weighted by Gasteiger charge is 2.11. The lowest BCUT2D eigenvalue weighted by Crippen LogP contribution is -2.14. The summed E-state index contributed by atoms with van der Waals surface area (Å²) < 4.78 is 13.7. The van der Waals surface area contributed by atoms with Crippen LogP contribution in [0.3, 0.4) is 0 Å². The van der Waals surface area contributed by atoms with E-state index < -0.39 is 11.7 Å². The highest BCUT2D eigenvalue weighted by atomic mass is 32.1. The molecule has 0 aromatic heterocycles. The first kappa shape index (κ1) is 14.0. The average molecular weight is 289 g/mol. The number of carbonyl (C=O) groups excluding carboxylic acids is 1. The fourth-order valence-corrected chi connectivity index (χ4v) is 1.99. The van der Waals surface area contributed by atoms with Gasteiger partial charge in [-0.3, -0.25) is 4.79 Å². The zero-order valence-electron chi connectivity index (χ0n) is 10.4. The summed E-state index contributed by atoms with van der Waals surface area (Å²) >= 11 is 4.84. The number of amides is 1. The van der Waals surface area contributed by atoms with Crippen LogP contribution in [0.2, 0.25) is 0 Å². The first-order valence-corrected chi connectivity index (χ1v) is 6.15. The number of hydrogen-bond donors (Lipinski definition) is 3. The summed E-state index contributed by atoms with van der Waals surface area (Å²) in [5.74, 6) is -1.05. The van der Waals surface area contributed by atoms with E-state index >= 15 is 0 Å². The lowest BCUT2D eigenvalue weighted by atomic mass is 10.1. The first-order chi connectivity index (χ1) is 9.49. The second-order valence-electron chi connectivity index (χ2n) is 4.10. The molecule has 102 valence electrons. The quantitative estimate of drug-likeness (QED) is 0.754. The smallest absolute Gasteiger partial charge is 0.248 e. The third-order valence-corrected chi connectivity index (χ3v) is 2.89. The lowest BCUT2D eigenvalue weighted by molar-refractivity contribution is 0.100. The van der Waals surface area contributed by atoms with Gasteiger partial charge in [0.1, 0.15) is 10.8 Å². The second-order valence-corrected chi connectivity index (χ2v) is 4.54. The van der Waals surface area contributed by atoms with Crippen LogP contribution < -0.4 is 16.8 Å². The van der Waals surface area contributed by atoms with Crippen molar-refractivity contribution >= 4 is 34.5 Å². The molecule has 0 spiro atoms. The van der Waals surface area contributed by atoms with Crippen molar-refractivity contribution in [3.8, 4) is 0 Å². The van der Waals surface area contributed by atoms with Gasteiger partial charge in [0.05, 0.1) is 11.3 Å². The van der Waals surface area contributed by atoms with Crippen molar-refractivity contribution < 1.29 is 9.18 Å². The largest absolute Gasteiger partial charge is 0.389 e. The van der Waals surface area contributed by atoms with Gasteiger partial charge in [-0.05, 0) is 30.3 Å². The number of hydrogen-bond acceptors (Lipinski definition) is 3. The Kier molecular flexibility index (Phi) is 3.95. The summed E-state index contributed by atoms with van der Waals surface area (Å²) in [4.78, 5) is 11.1. The maximum Gasteiger partial charge on any atom is 0.248 e. The van der Waals surface area contributed by atoms with Gasteiger partial charge >= 0.3 is 0 Å². The van der Waals surface area contributed by atoms with Gasteiger partial charge in [0.15, 0.2) is 0 Å². The van der Waals surface area contributed by atoms with Crippen molar-refractivity contribution in [2.75, 3.05) is 5.32 Å². The van der Waals surface area contributed by atoms with Crippen LogP contribution in [-0.4, -0.2) is 10.9 Å². The zero-order chi connectivity index (χ0) is 14.7. The van der Waals surface area contributed by atoms with Gasteiger partial charge in [-0.1, -0.05) is 24.4 Å². The molecule has 0 aliphatic carbocycles. The number of nitrogens with one attached hydrogen (secondary N) is 1. The van der Waals surface area contributed by atoms with E-state index in [-0.39, 0.29) is 10.6 Å². The predicted molar refractivity (Wildman–Crippen MR) is 80.5 cm³/mol. The van der Waals surface area contributed by atoms with Crippen molar-refractivity contribution in [2.24, 2.45) is 11.5 Å². The van der Waals surface area contributed by atoms with Gasteiger partial charge in [0, 0.05) is 11.3 Å². The SMILES string of the molecule is NC(=O)c1cccc(Nc2cccc(F)c2C(N)=S)c1. The molecule has 0 atom stereocenters. The van der Waals surface area contributed by atoms with E-state index in [0.29, 0.717) is 16.9 Å². The molecule has 20 heavy (non-hydrogen) atoms. The molecule has 2 aromatic rings. The van der Waals surface area contributed by atoms with Crippen LogP contribution in [-0.2, 0) is 0 Å². The van der Waals surface area contributed by atoms with Crippen molar-refractivity contribution in [1.29, 1.82) is 0 Å². The van der Waals surface area contributed by atoms with Gasteiger partial charge in [0.2, 0.25) is 5.91 Å². The molecule has 5 N–H and O–H groups in total. The normalized spacial score (nSPS) is 10.1. The van der Waals surface area contributed by atoms with Gasteiger partial charge in [-0.25, -0.2) is 4.39 Å². The Morgan fingerprint density at radius 1 is 1.15 bits per heavy atom. The maximum atomic E-state index is 13.7. The zero-order valence-corrected chi connectivity index (χ0v) is 11.2. The van der Waals surface area contributed by atoms with Crippen molar-refractivity contribution in [1.82, 2.24) is 0 Å². The van der Waals surface area contributed by atoms with E-state index in [4.69, 9.17) is 23.7 Å². The molecule has 4 nitrogen and oxygen atoms in total. The number of carbonyl (C=O) groups is 1. The van der Waals surface area contributed by atoms with E-state index in [1.807, 2.05) is 0 Å². The summed E-state index contributed by atoms with van der Waals surface area (Å²) in [5.41, 5.74) is 12.2. The Morgan fingerprint density at radius 2 is 1.85 bits per heavy atom. The predicted octanol–water partition coefficient (Wildman–Crippen LogP) is 2.30. The van der Waals surface area contributed by atoms with Crippen molar-refractivity contribution in [3.63, 3.8) is 0 Å². The third kappa shape index (κ3) is 2.92. The van der Waals surface area contributed by atoms with Crippen LogP contribution in [0.25, 0.3) is 0 Å². The number of benzene rings is 2. The number of anilines is 2.